The number of halogens is 4. The van der Waals surface area contributed by atoms with Crippen LogP contribution in [0.5, 0.6) is 5.75 Å². The minimum absolute atomic E-state index is 0.184. The van der Waals surface area contributed by atoms with Gasteiger partial charge in [-0.1, -0.05) is 71.1 Å². The zero-order valence-corrected chi connectivity index (χ0v) is 26.2. The Balaban J connectivity index is 1.22. The normalized spacial score (nSPS) is 19.1. The number of thioether (sulfide) groups is 1. The second-order valence-corrected chi connectivity index (χ2v) is 13.5. The average molecular weight is 696 g/mol. The average Bonchev–Trinajstić information content (AvgIpc) is 3.53. The van der Waals surface area contributed by atoms with Crippen LogP contribution in [0.1, 0.15) is 21.9 Å². The smallest absolute Gasteiger partial charge is 0.416 e. The van der Waals surface area contributed by atoms with Crippen molar-refractivity contribution in [3.8, 4) is 5.75 Å². The molecule has 47 heavy (non-hydrogen) atoms. The van der Waals surface area contributed by atoms with E-state index in [1.165, 1.54) is 24.3 Å². The Hall–Kier alpha value is -4.59. The number of aromatic amines is 1. The second kappa shape index (κ2) is 11.9. The maximum Gasteiger partial charge on any atom is 0.416 e. The Labute approximate surface area is 277 Å². The van der Waals surface area contributed by atoms with Crippen molar-refractivity contribution in [2.75, 3.05) is 16.8 Å². The van der Waals surface area contributed by atoms with Crippen molar-refractivity contribution in [3.05, 3.63) is 116 Å². The summed E-state index contributed by atoms with van der Waals surface area (Å²) >= 11 is 8.23. The highest BCUT2D eigenvalue weighted by molar-refractivity contribution is 8.00. The topological polar surface area (TPSA) is 109 Å². The first-order valence-electron chi connectivity index (χ1n) is 14.1. The molecular weight excluding hydrogens is 675 g/mol. The molecule has 0 saturated carbocycles. The van der Waals surface area contributed by atoms with Gasteiger partial charge in [-0.05, 0) is 59.3 Å². The number of alkyl halides is 3. The molecule has 2 aliphatic rings. The standard InChI is InChI=1S/C33H21ClF3N3O5S2/c34-19-9-11-23(45-15-24(41)38-20-10-8-16-4-1-2-5-17(16)12-20)22(14-19)25-26-28(46-29-27(25)47-32(44)39-29)31(43)40(30(26)42)21-7-3-6-18(13-21)33(35,36)37/h1-14,25-26,28H,15H2,(H,38,41)(H,39,44)/t25-,26?,28?/m1/s1. The number of thiazole rings is 1. The van der Waals surface area contributed by atoms with E-state index in [0.29, 0.717) is 21.2 Å². The van der Waals surface area contributed by atoms with Crippen molar-refractivity contribution >= 4 is 74.6 Å². The number of carbonyl (C=O) groups excluding carboxylic acids is 3. The van der Waals surface area contributed by atoms with Crippen LogP contribution in [-0.2, 0) is 20.6 Å². The number of hydrogen-bond acceptors (Lipinski definition) is 7. The molecule has 2 unspecified atom stereocenters. The van der Waals surface area contributed by atoms with Crippen LogP contribution in [0.3, 0.4) is 0 Å². The molecule has 3 atom stereocenters. The van der Waals surface area contributed by atoms with Crippen LogP contribution in [0, 0.1) is 5.92 Å². The number of nitrogens with one attached hydrogen (secondary N) is 2. The Morgan fingerprint density at radius 3 is 2.51 bits per heavy atom. The van der Waals surface area contributed by atoms with Crippen molar-refractivity contribution in [1.29, 1.82) is 0 Å². The number of aromatic nitrogens is 1. The largest absolute Gasteiger partial charge is 0.483 e. The van der Waals surface area contributed by atoms with Crippen molar-refractivity contribution < 1.29 is 32.3 Å². The highest BCUT2D eigenvalue weighted by Gasteiger charge is 2.57. The van der Waals surface area contributed by atoms with Gasteiger partial charge in [0.25, 0.3) is 5.91 Å². The number of anilines is 2. The molecule has 7 rings (SSSR count). The highest BCUT2D eigenvalue weighted by Crippen LogP contribution is 2.55. The van der Waals surface area contributed by atoms with Gasteiger partial charge in [-0.2, -0.15) is 13.2 Å². The number of fused-ring (bicyclic) bond motifs is 3. The SMILES string of the molecule is O=C(COc1ccc(Cl)cc1[C@H]1c2sc(=O)[nH]c2SC2C(=O)N(c3cccc(C(F)(F)F)c3)C(=O)C21)Nc1ccc2ccccc2c1. The summed E-state index contributed by atoms with van der Waals surface area (Å²) in [5, 5.41) is 4.30. The number of H-pyrrole nitrogens is 1. The Kier molecular flexibility index (Phi) is 7.85. The van der Waals surface area contributed by atoms with E-state index < -0.39 is 58.0 Å². The fraction of sp³-hybridized carbons (Fsp3) is 0.152. The third kappa shape index (κ3) is 5.79. The number of carbonyl (C=O) groups is 3. The van der Waals surface area contributed by atoms with E-state index >= 15 is 0 Å². The van der Waals surface area contributed by atoms with E-state index in [1.54, 1.807) is 6.07 Å². The lowest BCUT2D eigenvalue weighted by Crippen LogP contribution is -2.32. The summed E-state index contributed by atoms with van der Waals surface area (Å²) < 4.78 is 46.5. The molecule has 3 heterocycles. The number of amides is 3. The van der Waals surface area contributed by atoms with Gasteiger partial charge >= 0.3 is 11.0 Å². The van der Waals surface area contributed by atoms with Crippen LogP contribution in [0.2, 0.25) is 5.02 Å². The summed E-state index contributed by atoms with van der Waals surface area (Å²) in [4.78, 5) is 56.8. The van der Waals surface area contributed by atoms with Gasteiger partial charge in [-0.15, -0.1) is 0 Å². The predicted molar refractivity (Wildman–Crippen MR) is 173 cm³/mol. The van der Waals surface area contributed by atoms with Crippen molar-refractivity contribution in [2.24, 2.45) is 5.92 Å². The molecular formula is C33H21ClF3N3O5S2. The highest BCUT2D eigenvalue weighted by atomic mass is 35.5. The molecule has 0 bridgehead atoms. The van der Waals surface area contributed by atoms with E-state index in [9.17, 15) is 32.3 Å². The maximum absolute atomic E-state index is 14.1. The van der Waals surface area contributed by atoms with Gasteiger partial charge in [0.2, 0.25) is 11.8 Å². The summed E-state index contributed by atoms with van der Waals surface area (Å²) in [6.07, 6.45) is -4.69. The van der Waals surface area contributed by atoms with Crippen LogP contribution < -0.4 is 19.8 Å². The second-order valence-electron chi connectivity index (χ2n) is 10.9. The Morgan fingerprint density at radius 1 is 0.936 bits per heavy atom. The van der Waals surface area contributed by atoms with Gasteiger partial charge in [0.05, 0.1) is 22.2 Å². The molecule has 1 aromatic heterocycles. The molecule has 1 fully saturated rings. The first-order valence-corrected chi connectivity index (χ1v) is 16.2. The quantitative estimate of drug-likeness (QED) is 0.184. The number of benzene rings is 4. The number of hydrogen-bond donors (Lipinski definition) is 2. The van der Waals surface area contributed by atoms with Crippen molar-refractivity contribution in [2.45, 2.75) is 22.4 Å². The molecule has 5 aromatic rings. The first-order chi connectivity index (χ1) is 22.5. The predicted octanol–water partition coefficient (Wildman–Crippen LogP) is 7.08. The summed E-state index contributed by atoms with van der Waals surface area (Å²) in [5.74, 6) is -3.79. The molecule has 1 saturated heterocycles. The van der Waals surface area contributed by atoms with E-state index in [0.717, 1.165) is 57.0 Å². The molecule has 0 spiro atoms. The van der Waals surface area contributed by atoms with Crippen LogP contribution >= 0.6 is 34.7 Å². The summed E-state index contributed by atoms with van der Waals surface area (Å²) in [5.41, 5.74) is -0.318. The third-order valence-electron chi connectivity index (χ3n) is 7.95. The maximum atomic E-state index is 14.1. The first kappa shape index (κ1) is 31.0. The molecule has 2 aliphatic heterocycles. The number of imide groups is 1. The van der Waals surface area contributed by atoms with Gasteiger partial charge in [0, 0.05) is 27.1 Å². The number of rotatable bonds is 6. The monoisotopic (exact) mass is 695 g/mol. The van der Waals surface area contributed by atoms with Crippen molar-refractivity contribution in [3.63, 3.8) is 0 Å². The van der Waals surface area contributed by atoms with Crippen LogP contribution in [0.4, 0.5) is 24.5 Å². The lowest BCUT2D eigenvalue weighted by Gasteiger charge is -2.31. The molecule has 2 N–H and O–H groups in total. The van der Waals surface area contributed by atoms with Gasteiger partial charge < -0.3 is 15.0 Å². The van der Waals surface area contributed by atoms with E-state index in [-0.39, 0.29) is 16.5 Å². The zero-order valence-electron chi connectivity index (χ0n) is 23.8. The number of ether oxygens (including phenoxy) is 1. The summed E-state index contributed by atoms with van der Waals surface area (Å²) in [7, 11) is 0. The Bertz CT molecular complexity index is 2150. The van der Waals surface area contributed by atoms with Gasteiger partial charge in [0.1, 0.15) is 11.0 Å². The molecule has 0 aliphatic carbocycles. The number of nitrogens with zero attached hydrogens (tertiary/aromatic N) is 1. The molecule has 4 aromatic carbocycles. The van der Waals surface area contributed by atoms with Gasteiger partial charge in [-0.3, -0.25) is 19.2 Å². The molecule has 238 valence electrons. The minimum atomic E-state index is -4.69. The summed E-state index contributed by atoms with van der Waals surface area (Å²) in [6, 6.07) is 21.8. The van der Waals surface area contributed by atoms with Crippen LogP contribution in [0.15, 0.2) is 94.7 Å². The lowest BCUT2D eigenvalue weighted by atomic mass is 9.82. The van der Waals surface area contributed by atoms with E-state index in [2.05, 4.69) is 10.3 Å². The molecule has 3 amide bonds. The Morgan fingerprint density at radius 2 is 1.72 bits per heavy atom. The fourth-order valence-electron chi connectivity index (χ4n) is 5.93. The van der Waals surface area contributed by atoms with E-state index in [4.69, 9.17) is 16.3 Å². The van der Waals surface area contributed by atoms with Crippen LogP contribution in [0.25, 0.3) is 10.8 Å². The lowest BCUT2D eigenvalue weighted by molar-refractivity contribution is -0.137. The molecule has 14 heteroatoms. The summed E-state index contributed by atoms with van der Waals surface area (Å²) in [6.45, 7) is -0.420. The molecule has 0 radical (unpaired) electrons. The fourth-order valence-corrected chi connectivity index (χ4v) is 8.62. The van der Waals surface area contributed by atoms with Gasteiger partial charge in [0.15, 0.2) is 6.61 Å². The third-order valence-corrected chi connectivity index (χ3v) is 10.6. The van der Waals surface area contributed by atoms with Crippen molar-refractivity contribution in [1.82, 2.24) is 4.98 Å². The van der Waals surface area contributed by atoms with Gasteiger partial charge in [-0.25, -0.2) is 4.90 Å². The minimum Gasteiger partial charge on any atom is -0.483 e. The van der Waals surface area contributed by atoms with Crippen LogP contribution in [-0.4, -0.2) is 34.6 Å². The van der Waals surface area contributed by atoms with E-state index in [1.807, 2.05) is 36.4 Å². The zero-order chi connectivity index (χ0) is 33.0. The molecule has 8 nitrogen and oxygen atoms in total.